The molecule has 0 aliphatic rings. The van der Waals surface area contributed by atoms with Gasteiger partial charge in [0.15, 0.2) is 0 Å². The minimum Gasteiger partial charge on any atom is -0.492 e. The van der Waals surface area contributed by atoms with Crippen LogP contribution in [0.2, 0.25) is 0 Å². The first-order valence-corrected chi connectivity index (χ1v) is 6.32. The number of nitrogens with two attached hydrogens (primary N) is 1. The lowest BCUT2D eigenvalue weighted by Gasteiger charge is -2.11. The maximum atomic E-state index is 12.9. The molecule has 0 bridgehead atoms. The number of hydrogen-bond acceptors (Lipinski definition) is 3. The van der Waals surface area contributed by atoms with Gasteiger partial charge >= 0.3 is 0 Å². The highest BCUT2D eigenvalue weighted by atomic mass is 19.1. The van der Waals surface area contributed by atoms with E-state index in [9.17, 15) is 4.39 Å². The van der Waals surface area contributed by atoms with Crippen LogP contribution in [-0.2, 0) is 6.54 Å². The number of aromatic nitrogens is 1. The van der Waals surface area contributed by atoms with Crippen molar-refractivity contribution < 1.29 is 9.13 Å². The molecule has 0 atom stereocenters. The molecule has 19 heavy (non-hydrogen) atoms. The zero-order valence-corrected chi connectivity index (χ0v) is 10.9. The van der Waals surface area contributed by atoms with Crippen LogP contribution in [0.3, 0.4) is 0 Å². The van der Waals surface area contributed by atoms with Gasteiger partial charge in [-0.1, -0.05) is 6.92 Å². The SMILES string of the molecule is CCCOc1cnc(-c2ccc(F)cc2)cc1CN. The average molecular weight is 260 g/mol. The van der Waals surface area contributed by atoms with E-state index in [4.69, 9.17) is 10.5 Å². The quantitative estimate of drug-likeness (QED) is 0.898. The van der Waals surface area contributed by atoms with Crippen LogP contribution in [-0.4, -0.2) is 11.6 Å². The number of benzene rings is 1. The second-order valence-corrected chi connectivity index (χ2v) is 4.24. The molecule has 0 saturated carbocycles. The summed E-state index contributed by atoms with van der Waals surface area (Å²) >= 11 is 0. The second-order valence-electron chi connectivity index (χ2n) is 4.24. The van der Waals surface area contributed by atoms with E-state index in [1.807, 2.05) is 13.0 Å². The van der Waals surface area contributed by atoms with Crippen molar-refractivity contribution in [1.29, 1.82) is 0 Å². The molecule has 1 aromatic heterocycles. The van der Waals surface area contributed by atoms with Gasteiger partial charge in [0.25, 0.3) is 0 Å². The van der Waals surface area contributed by atoms with E-state index in [-0.39, 0.29) is 5.82 Å². The van der Waals surface area contributed by atoms with Crippen LogP contribution in [0.5, 0.6) is 5.75 Å². The van der Waals surface area contributed by atoms with Crippen molar-refractivity contribution in [1.82, 2.24) is 4.98 Å². The first kappa shape index (κ1) is 13.5. The molecule has 0 aliphatic carbocycles. The molecule has 2 rings (SSSR count). The summed E-state index contributed by atoms with van der Waals surface area (Å²) in [6.07, 6.45) is 2.61. The molecule has 2 N–H and O–H groups in total. The predicted molar refractivity (Wildman–Crippen MR) is 73.3 cm³/mol. The Morgan fingerprint density at radius 1 is 1.26 bits per heavy atom. The van der Waals surface area contributed by atoms with Crippen LogP contribution in [0.1, 0.15) is 18.9 Å². The van der Waals surface area contributed by atoms with Gasteiger partial charge in [0.2, 0.25) is 0 Å². The van der Waals surface area contributed by atoms with Gasteiger partial charge in [-0.3, -0.25) is 4.98 Å². The fourth-order valence-electron chi connectivity index (χ4n) is 1.76. The van der Waals surface area contributed by atoms with E-state index < -0.39 is 0 Å². The molecule has 1 aromatic carbocycles. The fourth-order valence-corrected chi connectivity index (χ4v) is 1.76. The molecular formula is C15H17FN2O. The Morgan fingerprint density at radius 3 is 2.63 bits per heavy atom. The Labute approximate surface area is 112 Å². The van der Waals surface area contributed by atoms with E-state index in [1.165, 1.54) is 12.1 Å². The number of halogens is 1. The molecule has 2 aromatic rings. The Kier molecular flexibility index (Phi) is 4.47. The Balaban J connectivity index is 2.30. The van der Waals surface area contributed by atoms with E-state index in [0.29, 0.717) is 13.2 Å². The first-order valence-electron chi connectivity index (χ1n) is 6.32. The van der Waals surface area contributed by atoms with Crippen molar-refractivity contribution in [2.45, 2.75) is 19.9 Å². The summed E-state index contributed by atoms with van der Waals surface area (Å²) in [6.45, 7) is 3.07. The summed E-state index contributed by atoms with van der Waals surface area (Å²) < 4.78 is 18.5. The normalized spacial score (nSPS) is 10.5. The highest BCUT2D eigenvalue weighted by Crippen LogP contribution is 2.24. The van der Waals surface area contributed by atoms with Crippen LogP contribution in [0, 0.1) is 5.82 Å². The third kappa shape index (κ3) is 3.29. The third-order valence-corrected chi connectivity index (χ3v) is 2.77. The number of rotatable bonds is 5. The smallest absolute Gasteiger partial charge is 0.142 e. The zero-order chi connectivity index (χ0) is 13.7. The summed E-state index contributed by atoms with van der Waals surface area (Å²) in [7, 11) is 0. The molecule has 0 saturated heterocycles. The van der Waals surface area contributed by atoms with E-state index in [0.717, 1.165) is 29.0 Å². The number of hydrogen-bond donors (Lipinski definition) is 1. The Bertz CT molecular complexity index is 540. The average Bonchev–Trinajstić information content (AvgIpc) is 2.46. The van der Waals surface area contributed by atoms with Gasteiger partial charge in [-0.25, -0.2) is 4.39 Å². The van der Waals surface area contributed by atoms with Gasteiger partial charge in [0.1, 0.15) is 11.6 Å². The van der Waals surface area contributed by atoms with Crippen molar-refractivity contribution in [3.63, 3.8) is 0 Å². The van der Waals surface area contributed by atoms with Gasteiger partial charge in [0.05, 0.1) is 18.5 Å². The molecule has 3 nitrogen and oxygen atoms in total. The van der Waals surface area contributed by atoms with E-state index >= 15 is 0 Å². The number of ether oxygens (including phenoxy) is 1. The third-order valence-electron chi connectivity index (χ3n) is 2.77. The molecule has 1 heterocycles. The maximum absolute atomic E-state index is 12.9. The molecule has 0 radical (unpaired) electrons. The lowest BCUT2D eigenvalue weighted by Crippen LogP contribution is -2.04. The number of pyridine rings is 1. The minimum absolute atomic E-state index is 0.259. The van der Waals surface area contributed by atoms with Gasteiger partial charge < -0.3 is 10.5 Å². The summed E-state index contributed by atoms with van der Waals surface area (Å²) in [6, 6.07) is 8.12. The van der Waals surface area contributed by atoms with Crippen molar-refractivity contribution in [3.8, 4) is 17.0 Å². The van der Waals surface area contributed by atoms with Gasteiger partial charge in [-0.15, -0.1) is 0 Å². The molecule has 0 aliphatic heterocycles. The van der Waals surface area contributed by atoms with Crippen LogP contribution in [0.4, 0.5) is 4.39 Å². The van der Waals surface area contributed by atoms with Crippen LogP contribution in [0.25, 0.3) is 11.3 Å². The standard InChI is InChI=1S/C15H17FN2O/c1-2-7-19-15-10-18-14(8-12(15)9-17)11-3-5-13(16)6-4-11/h3-6,8,10H,2,7,9,17H2,1H3. The Hall–Kier alpha value is -1.94. The van der Waals surface area contributed by atoms with Crippen LogP contribution >= 0.6 is 0 Å². The predicted octanol–water partition coefficient (Wildman–Crippen LogP) is 3.14. The minimum atomic E-state index is -0.259. The molecule has 4 heteroatoms. The summed E-state index contributed by atoms with van der Waals surface area (Å²) in [5.41, 5.74) is 8.26. The summed E-state index contributed by atoms with van der Waals surface area (Å²) in [4.78, 5) is 4.34. The van der Waals surface area contributed by atoms with Gasteiger partial charge in [-0.2, -0.15) is 0 Å². The molecule has 0 amide bonds. The molecule has 100 valence electrons. The Morgan fingerprint density at radius 2 is 2.00 bits per heavy atom. The summed E-state index contributed by atoms with van der Waals surface area (Å²) in [5, 5.41) is 0. The molecule has 0 fully saturated rings. The monoisotopic (exact) mass is 260 g/mol. The zero-order valence-electron chi connectivity index (χ0n) is 10.9. The lowest BCUT2D eigenvalue weighted by molar-refractivity contribution is 0.313. The van der Waals surface area contributed by atoms with Crippen LogP contribution in [0.15, 0.2) is 36.5 Å². The first-order chi connectivity index (χ1) is 9.24. The highest BCUT2D eigenvalue weighted by molar-refractivity contribution is 5.60. The summed E-state index contributed by atoms with van der Waals surface area (Å²) in [5.74, 6) is 0.459. The lowest BCUT2D eigenvalue weighted by atomic mass is 10.1. The molecule has 0 spiro atoms. The van der Waals surface area contributed by atoms with Gasteiger partial charge in [0, 0.05) is 17.7 Å². The molecular weight excluding hydrogens is 243 g/mol. The largest absolute Gasteiger partial charge is 0.492 e. The maximum Gasteiger partial charge on any atom is 0.142 e. The fraction of sp³-hybridized carbons (Fsp3) is 0.267. The topological polar surface area (TPSA) is 48.1 Å². The second kappa shape index (κ2) is 6.29. The molecule has 0 unspecified atom stereocenters. The van der Waals surface area contributed by atoms with Crippen molar-refractivity contribution in [3.05, 3.63) is 47.9 Å². The van der Waals surface area contributed by atoms with E-state index in [1.54, 1.807) is 18.3 Å². The van der Waals surface area contributed by atoms with Crippen molar-refractivity contribution in [2.75, 3.05) is 6.61 Å². The van der Waals surface area contributed by atoms with Crippen LogP contribution < -0.4 is 10.5 Å². The number of nitrogens with zero attached hydrogens (tertiary/aromatic N) is 1. The van der Waals surface area contributed by atoms with Crippen molar-refractivity contribution >= 4 is 0 Å². The highest BCUT2D eigenvalue weighted by Gasteiger charge is 2.07. The van der Waals surface area contributed by atoms with Crippen molar-refractivity contribution in [2.24, 2.45) is 5.73 Å². The van der Waals surface area contributed by atoms with E-state index in [2.05, 4.69) is 4.98 Å². The van der Waals surface area contributed by atoms with Gasteiger partial charge in [-0.05, 0) is 36.8 Å².